The molecule has 1 fully saturated rings. The summed E-state index contributed by atoms with van der Waals surface area (Å²) in [6.07, 6.45) is 2.17. The molecule has 0 atom stereocenters. The molecule has 0 unspecified atom stereocenters. The van der Waals surface area contributed by atoms with Gasteiger partial charge in [-0.25, -0.2) is 0 Å². The average molecular weight is 487 g/mol. The van der Waals surface area contributed by atoms with Gasteiger partial charge in [0, 0.05) is 34.0 Å². The zero-order chi connectivity index (χ0) is 23.2. The minimum Gasteiger partial charge on any atom is -0.325 e. The molecule has 1 N–H and O–H groups in total. The first-order valence-corrected chi connectivity index (χ1v) is 12.7. The molecule has 0 bridgehead atoms. The number of thioether (sulfide) groups is 1. The van der Waals surface area contributed by atoms with Gasteiger partial charge in [0.1, 0.15) is 0 Å². The molecule has 0 aliphatic heterocycles. The normalized spacial score (nSPS) is 14.6. The predicted molar refractivity (Wildman–Crippen MR) is 131 cm³/mol. The third-order valence-electron chi connectivity index (χ3n) is 5.86. The van der Waals surface area contributed by atoms with Crippen molar-refractivity contribution in [2.45, 2.75) is 24.0 Å². The SMILES string of the molecule is O=C(CSc1nnc(-c2cccs2)n1C1CC1)Nc1ccc2c(c1)C(=O)c1ccccc1C2=O. The fraction of sp³-hybridized carbons (Fsp3) is 0.160. The van der Waals surface area contributed by atoms with Crippen LogP contribution in [0.25, 0.3) is 10.7 Å². The summed E-state index contributed by atoms with van der Waals surface area (Å²) in [5.41, 5.74) is 1.95. The number of carbonyl (C=O) groups excluding carboxylic acids is 3. The fourth-order valence-corrected chi connectivity index (χ4v) is 5.63. The van der Waals surface area contributed by atoms with E-state index in [0.29, 0.717) is 34.0 Å². The first kappa shape index (κ1) is 21.0. The Balaban J connectivity index is 1.18. The van der Waals surface area contributed by atoms with Crippen molar-refractivity contribution in [3.05, 3.63) is 82.2 Å². The van der Waals surface area contributed by atoms with Crippen molar-refractivity contribution in [1.29, 1.82) is 0 Å². The first-order chi connectivity index (χ1) is 16.6. The number of benzene rings is 2. The van der Waals surface area contributed by atoms with E-state index in [1.165, 1.54) is 11.8 Å². The van der Waals surface area contributed by atoms with Gasteiger partial charge in [-0.05, 0) is 42.5 Å². The number of fused-ring (bicyclic) bond motifs is 2. The molecule has 2 aromatic carbocycles. The van der Waals surface area contributed by atoms with Crippen molar-refractivity contribution in [1.82, 2.24) is 14.8 Å². The molecule has 2 aliphatic rings. The van der Waals surface area contributed by atoms with Crippen LogP contribution in [0.1, 0.15) is 50.7 Å². The molecule has 1 amide bonds. The minimum absolute atomic E-state index is 0.155. The lowest BCUT2D eigenvalue weighted by Gasteiger charge is -2.18. The molecule has 34 heavy (non-hydrogen) atoms. The number of anilines is 1. The summed E-state index contributed by atoms with van der Waals surface area (Å²) in [6.45, 7) is 0. The van der Waals surface area contributed by atoms with E-state index in [0.717, 1.165) is 28.7 Å². The van der Waals surface area contributed by atoms with Crippen LogP contribution < -0.4 is 5.32 Å². The number of aromatic nitrogens is 3. The van der Waals surface area contributed by atoms with Crippen molar-refractivity contribution in [2.75, 3.05) is 11.1 Å². The number of ketones is 2. The van der Waals surface area contributed by atoms with Gasteiger partial charge in [0.25, 0.3) is 0 Å². The number of nitrogens with zero attached hydrogens (tertiary/aromatic N) is 3. The third kappa shape index (κ3) is 3.66. The van der Waals surface area contributed by atoms with Crippen LogP contribution in [0, 0.1) is 0 Å². The fourth-order valence-electron chi connectivity index (χ4n) is 4.12. The third-order valence-corrected chi connectivity index (χ3v) is 7.67. The zero-order valence-corrected chi connectivity index (χ0v) is 19.5. The molecule has 1 saturated carbocycles. The van der Waals surface area contributed by atoms with Crippen molar-refractivity contribution < 1.29 is 14.4 Å². The number of nitrogens with one attached hydrogen (secondary N) is 1. The van der Waals surface area contributed by atoms with Crippen molar-refractivity contribution >= 4 is 46.3 Å². The number of hydrogen-bond acceptors (Lipinski definition) is 7. The van der Waals surface area contributed by atoms with Crippen LogP contribution in [0.2, 0.25) is 0 Å². The summed E-state index contributed by atoms with van der Waals surface area (Å²) < 4.78 is 2.13. The van der Waals surface area contributed by atoms with Crippen LogP contribution in [-0.2, 0) is 4.79 Å². The number of amides is 1. The van der Waals surface area contributed by atoms with Gasteiger partial charge >= 0.3 is 0 Å². The van der Waals surface area contributed by atoms with Crippen LogP contribution in [0.15, 0.2) is 65.1 Å². The summed E-state index contributed by atoms with van der Waals surface area (Å²) in [7, 11) is 0. The second-order valence-corrected chi connectivity index (χ2v) is 10.1. The monoisotopic (exact) mass is 486 g/mol. The maximum atomic E-state index is 12.9. The molecule has 9 heteroatoms. The lowest BCUT2D eigenvalue weighted by Crippen LogP contribution is -2.21. The summed E-state index contributed by atoms with van der Waals surface area (Å²) in [5, 5.41) is 14.3. The Bertz CT molecular complexity index is 1450. The van der Waals surface area contributed by atoms with E-state index in [2.05, 4.69) is 20.1 Å². The van der Waals surface area contributed by atoms with Gasteiger partial charge in [-0.3, -0.25) is 19.0 Å². The first-order valence-electron chi connectivity index (χ1n) is 10.8. The molecule has 2 heterocycles. The quantitative estimate of drug-likeness (QED) is 0.345. The lowest BCUT2D eigenvalue weighted by atomic mass is 9.84. The Labute approximate surface area is 203 Å². The Morgan fingerprint density at radius 2 is 1.71 bits per heavy atom. The zero-order valence-electron chi connectivity index (χ0n) is 17.9. The number of carbonyl (C=O) groups is 3. The Hall–Kier alpha value is -3.56. The van der Waals surface area contributed by atoms with E-state index in [1.807, 2.05) is 17.5 Å². The highest BCUT2D eigenvalue weighted by Crippen LogP contribution is 2.41. The molecule has 0 radical (unpaired) electrons. The van der Waals surface area contributed by atoms with Crippen molar-refractivity contribution in [3.8, 4) is 10.7 Å². The lowest BCUT2D eigenvalue weighted by molar-refractivity contribution is -0.113. The smallest absolute Gasteiger partial charge is 0.234 e. The van der Waals surface area contributed by atoms with Crippen molar-refractivity contribution in [2.24, 2.45) is 0 Å². The van der Waals surface area contributed by atoms with Crippen LogP contribution in [0.4, 0.5) is 5.69 Å². The molecule has 4 aromatic rings. The average Bonchev–Trinajstić information content (AvgIpc) is 3.37. The number of rotatable bonds is 6. The second kappa shape index (κ2) is 8.34. The Morgan fingerprint density at radius 1 is 0.971 bits per heavy atom. The standard InChI is InChI=1S/C25H18N4O3S2/c30-21(13-34-25-28-27-24(20-6-3-11-33-20)29(25)15-8-9-15)26-14-7-10-18-19(12-14)23(32)17-5-2-1-4-16(17)22(18)31/h1-7,10-12,15H,8-9,13H2,(H,26,30). The van der Waals surface area contributed by atoms with Gasteiger partial charge < -0.3 is 5.32 Å². The molecule has 0 saturated heterocycles. The van der Waals surface area contributed by atoms with Crippen LogP contribution in [0.5, 0.6) is 0 Å². The summed E-state index contributed by atoms with van der Waals surface area (Å²) >= 11 is 2.96. The summed E-state index contributed by atoms with van der Waals surface area (Å²) in [4.78, 5) is 39.4. The maximum absolute atomic E-state index is 12.9. The molecule has 0 spiro atoms. The molecule has 6 rings (SSSR count). The van der Waals surface area contributed by atoms with Gasteiger partial charge in [-0.2, -0.15) is 0 Å². The van der Waals surface area contributed by atoms with Gasteiger partial charge in [0.2, 0.25) is 5.91 Å². The second-order valence-electron chi connectivity index (χ2n) is 8.19. The van der Waals surface area contributed by atoms with Crippen LogP contribution >= 0.6 is 23.1 Å². The van der Waals surface area contributed by atoms with E-state index < -0.39 is 0 Å². The van der Waals surface area contributed by atoms with E-state index in [1.54, 1.807) is 53.8 Å². The van der Waals surface area contributed by atoms with Crippen LogP contribution in [0.3, 0.4) is 0 Å². The molecule has 168 valence electrons. The van der Waals surface area contributed by atoms with E-state index >= 15 is 0 Å². The topological polar surface area (TPSA) is 93.9 Å². The van der Waals surface area contributed by atoms with Gasteiger partial charge in [0.05, 0.1) is 10.6 Å². The number of hydrogen-bond donors (Lipinski definition) is 1. The number of thiophene rings is 1. The molecular formula is C25H18N4O3S2. The Kier molecular flexibility index (Phi) is 5.15. The van der Waals surface area contributed by atoms with Gasteiger partial charge in [-0.15, -0.1) is 21.5 Å². The van der Waals surface area contributed by atoms with E-state index in [4.69, 9.17) is 0 Å². The molecular weight excluding hydrogens is 468 g/mol. The summed E-state index contributed by atoms with van der Waals surface area (Å²) in [5.74, 6) is 0.387. The molecule has 2 aromatic heterocycles. The highest BCUT2D eigenvalue weighted by molar-refractivity contribution is 7.99. The highest BCUT2D eigenvalue weighted by atomic mass is 32.2. The predicted octanol–water partition coefficient (Wildman–Crippen LogP) is 4.85. The highest BCUT2D eigenvalue weighted by Gasteiger charge is 2.31. The van der Waals surface area contributed by atoms with Crippen LogP contribution in [-0.4, -0.2) is 38.0 Å². The minimum atomic E-state index is -0.219. The van der Waals surface area contributed by atoms with Gasteiger partial charge in [0.15, 0.2) is 22.5 Å². The van der Waals surface area contributed by atoms with E-state index in [9.17, 15) is 14.4 Å². The van der Waals surface area contributed by atoms with Gasteiger partial charge in [-0.1, -0.05) is 42.1 Å². The van der Waals surface area contributed by atoms with E-state index in [-0.39, 0.29) is 23.2 Å². The van der Waals surface area contributed by atoms with Crippen molar-refractivity contribution in [3.63, 3.8) is 0 Å². The Morgan fingerprint density at radius 3 is 2.41 bits per heavy atom. The molecule has 2 aliphatic carbocycles. The molecule has 7 nitrogen and oxygen atoms in total. The summed E-state index contributed by atoms with van der Waals surface area (Å²) in [6, 6.07) is 16.0. The largest absolute Gasteiger partial charge is 0.325 e. The maximum Gasteiger partial charge on any atom is 0.234 e.